The Morgan fingerprint density at radius 1 is 1.21 bits per heavy atom. The maximum absolute atomic E-state index is 14.7. The van der Waals surface area contributed by atoms with E-state index in [1.807, 2.05) is 22.3 Å². The van der Waals surface area contributed by atoms with Crippen LogP contribution in [0.4, 0.5) is 10.1 Å². The van der Waals surface area contributed by atoms with Gasteiger partial charge in [0.2, 0.25) is 0 Å². The number of rotatable bonds is 6. The van der Waals surface area contributed by atoms with Gasteiger partial charge in [-0.25, -0.2) is 14.4 Å². The number of carbonyl (C=O) groups excluding carboxylic acids is 1. The molecule has 0 spiro atoms. The molecule has 0 radical (unpaired) electrons. The second-order valence-electron chi connectivity index (χ2n) is 8.63. The average Bonchev–Trinajstić information content (AvgIpc) is 3.31. The van der Waals surface area contributed by atoms with Crippen LogP contribution in [0.3, 0.4) is 0 Å². The number of carbonyl (C=O) groups is 1. The first-order valence-electron chi connectivity index (χ1n) is 10.9. The van der Waals surface area contributed by atoms with Crippen LogP contribution in [0.1, 0.15) is 60.4 Å². The summed E-state index contributed by atoms with van der Waals surface area (Å²) in [7, 11) is 0. The maximum atomic E-state index is 14.7. The number of halogens is 1. The third-order valence-electron chi connectivity index (χ3n) is 5.73. The van der Waals surface area contributed by atoms with E-state index >= 15 is 0 Å². The van der Waals surface area contributed by atoms with Gasteiger partial charge in [0.15, 0.2) is 5.82 Å². The Hall–Kier alpha value is -3.88. The number of anilines is 1. The smallest absolute Gasteiger partial charge is 0.274 e. The van der Waals surface area contributed by atoms with E-state index in [4.69, 9.17) is 0 Å². The van der Waals surface area contributed by atoms with E-state index in [1.165, 1.54) is 6.07 Å². The van der Waals surface area contributed by atoms with Crippen molar-refractivity contribution in [1.82, 2.24) is 29.3 Å². The van der Waals surface area contributed by atoms with Crippen molar-refractivity contribution in [3.8, 4) is 17.2 Å². The molecule has 168 valence electrons. The Kier molecular flexibility index (Phi) is 5.24. The zero-order chi connectivity index (χ0) is 23.1. The summed E-state index contributed by atoms with van der Waals surface area (Å²) in [5.41, 5.74) is 3.21. The van der Waals surface area contributed by atoms with Gasteiger partial charge in [0, 0.05) is 12.2 Å². The predicted octanol–water partition coefficient (Wildman–Crippen LogP) is 4.68. The summed E-state index contributed by atoms with van der Waals surface area (Å²) < 4.78 is 18.5. The second-order valence-corrected chi connectivity index (χ2v) is 8.63. The van der Waals surface area contributed by atoms with E-state index in [0.29, 0.717) is 17.6 Å². The van der Waals surface area contributed by atoms with Crippen molar-refractivity contribution in [3.63, 3.8) is 0 Å². The number of aromatic nitrogens is 6. The zero-order valence-corrected chi connectivity index (χ0v) is 18.7. The second kappa shape index (κ2) is 8.23. The average molecular weight is 446 g/mol. The monoisotopic (exact) mass is 445 g/mol. The Morgan fingerprint density at radius 2 is 2.03 bits per heavy atom. The molecule has 4 aromatic rings. The molecule has 1 aromatic carbocycles. The van der Waals surface area contributed by atoms with Gasteiger partial charge in [0.05, 0.1) is 23.4 Å². The minimum Gasteiger partial charge on any atom is -0.318 e. The van der Waals surface area contributed by atoms with Gasteiger partial charge in [-0.2, -0.15) is 0 Å². The topological polar surface area (TPSA) is 90.5 Å². The van der Waals surface area contributed by atoms with Crippen molar-refractivity contribution in [2.45, 2.75) is 45.6 Å². The number of benzene rings is 1. The van der Waals surface area contributed by atoms with Crippen molar-refractivity contribution < 1.29 is 9.18 Å². The van der Waals surface area contributed by atoms with E-state index in [9.17, 15) is 9.18 Å². The Labute approximate surface area is 190 Å². The molecule has 3 heterocycles. The van der Waals surface area contributed by atoms with Crippen LogP contribution in [0, 0.1) is 12.7 Å². The van der Waals surface area contributed by atoms with Crippen LogP contribution in [0.25, 0.3) is 17.2 Å². The molecule has 3 aromatic heterocycles. The lowest BCUT2D eigenvalue weighted by atomic mass is 10.1. The number of hydrogen-bond acceptors (Lipinski definition) is 5. The van der Waals surface area contributed by atoms with Crippen LogP contribution in [0.15, 0.2) is 49.2 Å². The standard InChI is InChI=1S/C24H24FN7O/c1-14(2)21-11-31(12-26-21)22-10-20(17(25)9-15(22)3)29-24(33)19-6-4-5-18(28-19)23-30-27-13-32(23)16-7-8-16/h4-6,9-14,16H,7-8H2,1-3H3,(H,29,33). The van der Waals surface area contributed by atoms with E-state index in [0.717, 1.165) is 29.8 Å². The Morgan fingerprint density at radius 3 is 2.76 bits per heavy atom. The summed E-state index contributed by atoms with van der Waals surface area (Å²) in [6, 6.07) is 8.51. The molecular formula is C24H24FN7O. The van der Waals surface area contributed by atoms with Gasteiger partial charge in [0.25, 0.3) is 5.91 Å². The molecule has 1 aliphatic carbocycles. The molecule has 1 amide bonds. The Balaban J connectivity index is 1.42. The number of nitrogens with zero attached hydrogens (tertiary/aromatic N) is 6. The summed E-state index contributed by atoms with van der Waals surface area (Å²) in [6.07, 6.45) is 7.46. The van der Waals surface area contributed by atoms with Gasteiger partial charge >= 0.3 is 0 Å². The summed E-state index contributed by atoms with van der Waals surface area (Å²) in [4.78, 5) is 21.8. The first-order valence-corrected chi connectivity index (χ1v) is 10.9. The first kappa shape index (κ1) is 21.0. The van der Waals surface area contributed by atoms with Crippen molar-refractivity contribution >= 4 is 11.6 Å². The van der Waals surface area contributed by atoms with Crippen molar-refractivity contribution in [2.75, 3.05) is 5.32 Å². The fraction of sp³-hybridized carbons (Fsp3) is 0.292. The summed E-state index contributed by atoms with van der Waals surface area (Å²) >= 11 is 0. The molecule has 1 fully saturated rings. The van der Waals surface area contributed by atoms with Gasteiger partial charge in [-0.3, -0.25) is 4.79 Å². The fourth-order valence-electron chi connectivity index (χ4n) is 3.72. The third kappa shape index (κ3) is 4.13. The quantitative estimate of drug-likeness (QED) is 0.465. The number of nitrogens with one attached hydrogen (secondary N) is 1. The highest BCUT2D eigenvalue weighted by molar-refractivity contribution is 6.03. The van der Waals surface area contributed by atoms with Gasteiger partial charge in [-0.05, 0) is 55.5 Å². The van der Waals surface area contributed by atoms with E-state index in [1.54, 1.807) is 36.9 Å². The van der Waals surface area contributed by atoms with E-state index in [-0.39, 0.29) is 17.3 Å². The SMILES string of the molecule is Cc1cc(F)c(NC(=O)c2cccc(-c3nncn3C3CC3)n2)cc1-n1cnc(C(C)C)c1. The third-order valence-corrected chi connectivity index (χ3v) is 5.73. The summed E-state index contributed by atoms with van der Waals surface area (Å²) in [6.45, 7) is 5.94. The number of amides is 1. The summed E-state index contributed by atoms with van der Waals surface area (Å²) in [5, 5.41) is 10.8. The van der Waals surface area contributed by atoms with Crippen molar-refractivity contribution in [3.05, 3.63) is 72.0 Å². The first-order chi connectivity index (χ1) is 15.9. The van der Waals surface area contributed by atoms with Gasteiger partial charge in [-0.15, -0.1) is 10.2 Å². The van der Waals surface area contributed by atoms with E-state index in [2.05, 4.69) is 39.3 Å². The lowest BCUT2D eigenvalue weighted by Gasteiger charge is -2.12. The summed E-state index contributed by atoms with van der Waals surface area (Å²) in [5.74, 6) is -0.123. The highest BCUT2D eigenvalue weighted by Crippen LogP contribution is 2.37. The van der Waals surface area contributed by atoms with Gasteiger partial charge in [-0.1, -0.05) is 19.9 Å². The van der Waals surface area contributed by atoms with Crippen LogP contribution < -0.4 is 5.32 Å². The fourth-order valence-corrected chi connectivity index (χ4v) is 3.72. The highest BCUT2D eigenvalue weighted by atomic mass is 19.1. The molecule has 0 aliphatic heterocycles. The molecule has 5 rings (SSSR count). The molecule has 9 heteroatoms. The van der Waals surface area contributed by atoms with Crippen LogP contribution in [0.5, 0.6) is 0 Å². The molecule has 0 bridgehead atoms. The van der Waals surface area contributed by atoms with E-state index < -0.39 is 11.7 Å². The van der Waals surface area contributed by atoms with Gasteiger partial charge < -0.3 is 14.5 Å². The maximum Gasteiger partial charge on any atom is 0.274 e. The van der Waals surface area contributed by atoms with Crippen LogP contribution >= 0.6 is 0 Å². The zero-order valence-electron chi connectivity index (χ0n) is 18.7. The van der Waals surface area contributed by atoms with Crippen molar-refractivity contribution in [1.29, 1.82) is 0 Å². The number of hydrogen-bond donors (Lipinski definition) is 1. The molecule has 0 unspecified atom stereocenters. The van der Waals surface area contributed by atoms with Crippen LogP contribution in [-0.4, -0.2) is 35.2 Å². The molecule has 1 saturated carbocycles. The predicted molar refractivity (Wildman–Crippen MR) is 122 cm³/mol. The Bertz CT molecular complexity index is 1340. The molecule has 0 saturated heterocycles. The highest BCUT2D eigenvalue weighted by Gasteiger charge is 2.27. The number of aryl methyl sites for hydroxylation is 1. The lowest BCUT2D eigenvalue weighted by Crippen LogP contribution is -2.16. The normalized spacial score (nSPS) is 13.5. The molecule has 1 N–H and O–H groups in total. The molecule has 1 aliphatic rings. The molecular weight excluding hydrogens is 421 g/mol. The minimum absolute atomic E-state index is 0.0775. The number of pyridine rings is 1. The molecule has 33 heavy (non-hydrogen) atoms. The lowest BCUT2D eigenvalue weighted by molar-refractivity contribution is 0.102. The molecule has 0 atom stereocenters. The number of imidazole rings is 1. The molecule has 8 nitrogen and oxygen atoms in total. The van der Waals surface area contributed by atoms with Crippen molar-refractivity contribution in [2.24, 2.45) is 0 Å². The van der Waals surface area contributed by atoms with Crippen LogP contribution in [0.2, 0.25) is 0 Å². The largest absolute Gasteiger partial charge is 0.318 e. The van der Waals surface area contributed by atoms with Crippen LogP contribution in [-0.2, 0) is 0 Å². The van der Waals surface area contributed by atoms with Gasteiger partial charge in [0.1, 0.15) is 23.5 Å². The minimum atomic E-state index is -0.515.